The summed E-state index contributed by atoms with van der Waals surface area (Å²) in [7, 11) is -3.04. The number of halogens is 3. The van der Waals surface area contributed by atoms with Crippen LogP contribution in [0.3, 0.4) is 0 Å². The molecule has 0 unspecified atom stereocenters. The van der Waals surface area contributed by atoms with E-state index in [0.717, 1.165) is 44.3 Å². The summed E-state index contributed by atoms with van der Waals surface area (Å²) in [6.07, 6.45) is 5.40. The highest BCUT2D eigenvalue weighted by atomic mass is 32.2. The highest BCUT2D eigenvalue weighted by molar-refractivity contribution is 7.90. The van der Waals surface area contributed by atoms with Crippen molar-refractivity contribution < 1.29 is 26.4 Å². The Kier molecular flexibility index (Phi) is 10.7. The summed E-state index contributed by atoms with van der Waals surface area (Å²) in [4.78, 5) is 37.9. The fourth-order valence-electron chi connectivity index (χ4n) is 4.38. The standard InChI is InChI=1S/C26H33F3N4O5S2/c1-3-4-5-6-7-8-9-10-11-12-15-40(37,38)31-24(35)23-19-16-18(13-14-20(19)39-30-23)33-22(34)17-21(26(27,28)29)32(2)25(33)36/h13-14,16-17H,3-12,15H2,1-2H3,(H,31,35). The van der Waals surface area contributed by atoms with Gasteiger partial charge in [-0.25, -0.2) is 22.5 Å². The number of carbonyl (C=O) groups is 1. The second-order valence-electron chi connectivity index (χ2n) is 9.69. The SMILES string of the molecule is CCCCCCCCCCCCS(=O)(=O)NC(=O)c1nsc2ccc(-n3c(=O)cc(C(F)(F)F)n(C)c3=O)cc12. The van der Waals surface area contributed by atoms with E-state index in [4.69, 9.17) is 0 Å². The summed E-state index contributed by atoms with van der Waals surface area (Å²) in [5.74, 6) is -1.19. The summed E-state index contributed by atoms with van der Waals surface area (Å²) in [6.45, 7) is 2.17. The molecule has 0 aliphatic heterocycles. The number of hydrogen-bond acceptors (Lipinski definition) is 7. The first kappa shape index (κ1) is 31.5. The summed E-state index contributed by atoms with van der Waals surface area (Å²) in [5.41, 5.74) is -4.15. The fourth-order valence-corrected chi connectivity index (χ4v) is 6.20. The molecule has 0 atom stereocenters. The van der Waals surface area contributed by atoms with Crippen LogP contribution in [0.25, 0.3) is 15.8 Å². The average Bonchev–Trinajstić information content (AvgIpc) is 3.30. The first-order valence-electron chi connectivity index (χ1n) is 13.2. The fraction of sp³-hybridized carbons (Fsp3) is 0.538. The van der Waals surface area contributed by atoms with Crippen molar-refractivity contribution in [2.45, 2.75) is 77.3 Å². The second-order valence-corrected chi connectivity index (χ2v) is 12.3. The molecule has 220 valence electrons. The number of aromatic nitrogens is 3. The maximum atomic E-state index is 13.2. The Bertz CT molecular complexity index is 1560. The van der Waals surface area contributed by atoms with Crippen molar-refractivity contribution >= 4 is 37.5 Å². The molecule has 0 spiro atoms. The maximum Gasteiger partial charge on any atom is 0.431 e. The molecule has 3 aromatic rings. The quantitative estimate of drug-likeness (QED) is 0.255. The van der Waals surface area contributed by atoms with Crippen molar-refractivity contribution in [2.75, 3.05) is 5.75 Å². The number of nitrogens with one attached hydrogen (secondary N) is 1. The zero-order valence-corrected chi connectivity index (χ0v) is 24.1. The van der Waals surface area contributed by atoms with Gasteiger partial charge in [0.15, 0.2) is 5.69 Å². The predicted molar refractivity (Wildman–Crippen MR) is 149 cm³/mol. The Morgan fingerprint density at radius 3 is 2.17 bits per heavy atom. The number of rotatable bonds is 14. The number of carbonyl (C=O) groups excluding carboxylic acids is 1. The van der Waals surface area contributed by atoms with Crippen molar-refractivity contribution in [3.05, 3.63) is 56.5 Å². The van der Waals surface area contributed by atoms with E-state index in [1.807, 2.05) is 4.72 Å². The molecule has 0 aliphatic rings. The van der Waals surface area contributed by atoms with E-state index in [-0.39, 0.29) is 22.5 Å². The van der Waals surface area contributed by atoms with Crippen LogP contribution in [0, 0.1) is 0 Å². The van der Waals surface area contributed by atoms with Crippen LogP contribution in [0.15, 0.2) is 33.9 Å². The van der Waals surface area contributed by atoms with Gasteiger partial charge in [-0.1, -0.05) is 64.7 Å². The third-order valence-electron chi connectivity index (χ3n) is 6.55. The van der Waals surface area contributed by atoms with Crippen LogP contribution < -0.4 is 16.0 Å². The zero-order valence-electron chi connectivity index (χ0n) is 22.4. The molecular weight excluding hydrogens is 569 g/mol. The van der Waals surface area contributed by atoms with Gasteiger partial charge in [-0.2, -0.15) is 17.5 Å². The smallest absolute Gasteiger partial charge is 0.292 e. The number of amides is 1. The van der Waals surface area contributed by atoms with Gasteiger partial charge in [0.25, 0.3) is 11.5 Å². The van der Waals surface area contributed by atoms with E-state index in [2.05, 4.69) is 11.3 Å². The average molecular weight is 603 g/mol. The third-order valence-corrected chi connectivity index (χ3v) is 8.70. The highest BCUT2D eigenvalue weighted by Gasteiger charge is 2.35. The molecule has 1 amide bonds. The Balaban J connectivity index is 1.68. The first-order chi connectivity index (χ1) is 18.9. The molecule has 0 bridgehead atoms. The molecular formula is C26H33F3N4O5S2. The van der Waals surface area contributed by atoms with E-state index in [9.17, 15) is 36.0 Å². The summed E-state index contributed by atoms with van der Waals surface area (Å²) < 4.78 is 71.9. The molecule has 14 heteroatoms. The van der Waals surface area contributed by atoms with Gasteiger partial charge < -0.3 is 0 Å². The molecule has 9 nitrogen and oxygen atoms in total. The number of unbranched alkanes of at least 4 members (excludes halogenated alkanes) is 9. The molecule has 0 saturated carbocycles. The van der Waals surface area contributed by atoms with Crippen LogP contribution in [0.4, 0.5) is 13.2 Å². The predicted octanol–water partition coefficient (Wildman–Crippen LogP) is 5.15. The molecule has 0 radical (unpaired) electrons. The monoisotopic (exact) mass is 602 g/mol. The Morgan fingerprint density at radius 2 is 1.57 bits per heavy atom. The van der Waals surface area contributed by atoms with E-state index in [0.29, 0.717) is 26.3 Å². The van der Waals surface area contributed by atoms with Gasteiger partial charge in [0.2, 0.25) is 10.0 Å². The van der Waals surface area contributed by atoms with Crippen LogP contribution in [0.1, 0.15) is 87.3 Å². The first-order valence-corrected chi connectivity index (χ1v) is 15.6. The topological polar surface area (TPSA) is 120 Å². The number of alkyl halides is 3. The van der Waals surface area contributed by atoms with E-state index in [1.165, 1.54) is 50.3 Å². The van der Waals surface area contributed by atoms with Crippen molar-refractivity contribution in [1.82, 2.24) is 18.2 Å². The van der Waals surface area contributed by atoms with Crippen LogP contribution in [-0.4, -0.2) is 33.6 Å². The Labute approximate surface area is 234 Å². The van der Waals surface area contributed by atoms with E-state index < -0.39 is 39.0 Å². The van der Waals surface area contributed by atoms with Crippen LogP contribution in [0.2, 0.25) is 0 Å². The van der Waals surface area contributed by atoms with Gasteiger partial charge in [0.1, 0.15) is 5.69 Å². The van der Waals surface area contributed by atoms with Gasteiger partial charge in [-0.3, -0.25) is 14.2 Å². The number of sulfonamides is 1. The molecule has 0 aliphatic carbocycles. The number of benzene rings is 1. The molecule has 0 saturated heterocycles. The lowest BCUT2D eigenvalue weighted by Gasteiger charge is -2.14. The lowest BCUT2D eigenvalue weighted by atomic mass is 10.1. The molecule has 0 fully saturated rings. The van der Waals surface area contributed by atoms with Gasteiger partial charge in [0, 0.05) is 18.5 Å². The normalized spacial score (nSPS) is 12.2. The summed E-state index contributed by atoms with van der Waals surface area (Å²) in [5, 5.41) is 0.156. The molecule has 1 aromatic carbocycles. The van der Waals surface area contributed by atoms with Crippen LogP contribution in [0.5, 0.6) is 0 Å². The lowest BCUT2D eigenvalue weighted by molar-refractivity contribution is -0.144. The Hall–Kier alpha value is -3.00. The van der Waals surface area contributed by atoms with Crippen molar-refractivity contribution in [3.63, 3.8) is 0 Å². The van der Waals surface area contributed by atoms with Crippen molar-refractivity contribution in [2.24, 2.45) is 7.05 Å². The number of hydrogen-bond donors (Lipinski definition) is 1. The minimum absolute atomic E-state index is 0.0886. The molecule has 1 N–H and O–H groups in total. The van der Waals surface area contributed by atoms with Gasteiger partial charge >= 0.3 is 11.9 Å². The molecule has 3 rings (SSSR count). The highest BCUT2D eigenvalue weighted by Crippen LogP contribution is 2.28. The minimum atomic E-state index is -4.90. The van der Waals surface area contributed by atoms with Gasteiger partial charge in [-0.15, -0.1) is 0 Å². The summed E-state index contributed by atoms with van der Waals surface area (Å²) in [6, 6.07) is 4.34. The van der Waals surface area contributed by atoms with Gasteiger partial charge in [-0.05, 0) is 36.2 Å². The maximum absolute atomic E-state index is 13.2. The van der Waals surface area contributed by atoms with E-state index >= 15 is 0 Å². The summed E-state index contributed by atoms with van der Waals surface area (Å²) >= 11 is 0.899. The second kappa shape index (κ2) is 13.6. The number of fused-ring (bicyclic) bond motifs is 1. The number of nitrogens with zero attached hydrogens (tertiary/aromatic N) is 3. The van der Waals surface area contributed by atoms with Crippen LogP contribution >= 0.6 is 11.5 Å². The van der Waals surface area contributed by atoms with Crippen LogP contribution in [-0.2, 0) is 23.2 Å². The van der Waals surface area contributed by atoms with Gasteiger partial charge in [0.05, 0.1) is 16.1 Å². The zero-order chi connectivity index (χ0) is 29.5. The minimum Gasteiger partial charge on any atom is -0.292 e. The third kappa shape index (κ3) is 8.03. The molecule has 2 aromatic heterocycles. The van der Waals surface area contributed by atoms with E-state index in [1.54, 1.807) is 0 Å². The molecule has 2 heterocycles. The van der Waals surface area contributed by atoms with Crippen molar-refractivity contribution in [1.29, 1.82) is 0 Å². The largest absolute Gasteiger partial charge is 0.431 e. The molecule has 40 heavy (non-hydrogen) atoms. The lowest BCUT2D eigenvalue weighted by Crippen LogP contribution is -2.40. The Morgan fingerprint density at radius 1 is 0.975 bits per heavy atom. The van der Waals surface area contributed by atoms with Crippen molar-refractivity contribution in [3.8, 4) is 5.69 Å².